The van der Waals surface area contributed by atoms with Crippen LogP contribution in [0, 0.1) is 5.95 Å². The van der Waals surface area contributed by atoms with Crippen molar-refractivity contribution in [3.63, 3.8) is 0 Å². The van der Waals surface area contributed by atoms with Crippen LogP contribution in [0.25, 0.3) is 0 Å². The fraction of sp³-hybridized carbons (Fsp3) is 0.583. The first kappa shape index (κ1) is 12.3. The second kappa shape index (κ2) is 5.42. The van der Waals surface area contributed by atoms with Crippen LogP contribution in [-0.4, -0.2) is 37.0 Å². The summed E-state index contributed by atoms with van der Waals surface area (Å²) in [6, 6.07) is 3.20. The van der Waals surface area contributed by atoms with Crippen LogP contribution in [0.5, 0.6) is 0 Å². The molecule has 1 aromatic heterocycles. The number of pyridine rings is 1. The molecule has 94 valence electrons. The lowest BCUT2D eigenvalue weighted by atomic mass is 9.85. The van der Waals surface area contributed by atoms with E-state index < -0.39 is 5.95 Å². The standard InChI is InChI=1S/C12H17FN2O2/c1-3-17-10-6-9(12(10)16-2)15-8-4-5-11(13)14-7-8/h4-5,7,9-10,12,15H,3,6H2,1-2H3. The molecule has 2 rings (SSSR count). The number of hydrogen-bond donors (Lipinski definition) is 1. The van der Waals surface area contributed by atoms with Gasteiger partial charge in [-0.05, 0) is 25.5 Å². The summed E-state index contributed by atoms with van der Waals surface area (Å²) in [4.78, 5) is 3.60. The van der Waals surface area contributed by atoms with E-state index in [9.17, 15) is 4.39 Å². The molecule has 17 heavy (non-hydrogen) atoms. The van der Waals surface area contributed by atoms with E-state index in [4.69, 9.17) is 9.47 Å². The summed E-state index contributed by atoms with van der Waals surface area (Å²) in [6.45, 7) is 2.66. The van der Waals surface area contributed by atoms with Gasteiger partial charge in [-0.1, -0.05) is 0 Å². The normalized spacial score (nSPS) is 27.6. The zero-order valence-corrected chi connectivity index (χ0v) is 10.0. The Balaban J connectivity index is 1.90. The van der Waals surface area contributed by atoms with Crippen LogP contribution in [0.2, 0.25) is 0 Å². The first-order valence-corrected chi connectivity index (χ1v) is 5.77. The SMILES string of the molecule is CCOC1CC(Nc2ccc(F)nc2)C1OC. The Morgan fingerprint density at radius 1 is 1.53 bits per heavy atom. The highest BCUT2D eigenvalue weighted by Crippen LogP contribution is 2.29. The lowest BCUT2D eigenvalue weighted by Crippen LogP contribution is -2.56. The van der Waals surface area contributed by atoms with Crippen molar-refractivity contribution in [1.29, 1.82) is 0 Å². The van der Waals surface area contributed by atoms with Crippen molar-refractivity contribution in [2.75, 3.05) is 19.0 Å². The molecule has 3 unspecified atom stereocenters. The Labute approximate surface area is 100 Å². The first-order valence-electron chi connectivity index (χ1n) is 5.77. The minimum Gasteiger partial charge on any atom is -0.378 e. The highest BCUT2D eigenvalue weighted by molar-refractivity contribution is 5.42. The highest BCUT2D eigenvalue weighted by Gasteiger charge is 2.42. The predicted molar refractivity (Wildman–Crippen MR) is 62.4 cm³/mol. The second-order valence-electron chi connectivity index (χ2n) is 4.05. The van der Waals surface area contributed by atoms with Gasteiger partial charge in [-0.25, -0.2) is 4.98 Å². The highest BCUT2D eigenvalue weighted by atomic mass is 19.1. The number of hydrogen-bond acceptors (Lipinski definition) is 4. The maximum Gasteiger partial charge on any atom is 0.212 e. The van der Waals surface area contributed by atoms with E-state index >= 15 is 0 Å². The number of ether oxygens (including phenoxy) is 2. The topological polar surface area (TPSA) is 43.4 Å². The first-order chi connectivity index (χ1) is 8.24. The van der Waals surface area contributed by atoms with Crippen LogP contribution in [0.15, 0.2) is 18.3 Å². The smallest absolute Gasteiger partial charge is 0.212 e. The third kappa shape index (κ3) is 2.73. The lowest BCUT2D eigenvalue weighted by Gasteiger charge is -2.43. The van der Waals surface area contributed by atoms with Crippen molar-refractivity contribution < 1.29 is 13.9 Å². The Hall–Kier alpha value is -1.20. The number of nitrogens with zero attached hydrogens (tertiary/aromatic N) is 1. The van der Waals surface area contributed by atoms with Crippen LogP contribution in [0.3, 0.4) is 0 Å². The van der Waals surface area contributed by atoms with Crippen molar-refractivity contribution >= 4 is 5.69 Å². The molecule has 0 bridgehead atoms. The predicted octanol–water partition coefficient (Wildman–Crippen LogP) is 1.82. The summed E-state index contributed by atoms with van der Waals surface area (Å²) in [5.74, 6) is -0.473. The zero-order valence-electron chi connectivity index (χ0n) is 10.0. The molecular formula is C12H17FN2O2. The zero-order chi connectivity index (χ0) is 12.3. The maximum absolute atomic E-state index is 12.6. The number of halogens is 1. The van der Waals surface area contributed by atoms with E-state index in [1.165, 1.54) is 12.3 Å². The second-order valence-corrected chi connectivity index (χ2v) is 4.05. The number of rotatable bonds is 5. The van der Waals surface area contributed by atoms with Crippen molar-refractivity contribution in [2.24, 2.45) is 0 Å². The van der Waals surface area contributed by atoms with Gasteiger partial charge in [-0.3, -0.25) is 0 Å². The molecule has 1 aliphatic carbocycles. The van der Waals surface area contributed by atoms with Gasteiger partial charge < -0.3 is 14.8 Å². The van der Waals surface area contributed by atoms with Crippen molar-refractivity contribution in [1.82, 2.24) is 4.98 Å². The number of anilines is 1. The quantitative estimate of drug-likeness (QED) is 0.797. The van der Waals surface area contributed by atoms with Gasteiger partial charge in [-0.2, -0.15) is 4.39 Å². The molecular weight excluding hydrogens is 223 g/mol. The van der Waals surface area contributed by atoms with Crippen LogP contribution < -0.4 is 5.32 Å². The summed E-state index contributed by atoms with van der Waals surface area (Å²) in [5, 5.41) is 3.26. The Morgan fingerprint density at radius 2 is 2.35 bits per heavy atom. The van der Waals surface area contributed by atoms with Gasteiger partial charge in [0.05, 0.1) is 24.0 Å². The lowest BCUT2D eigenvalue weighted by molar-refractivity contribution is -0.118. The van der Waals surface area contributed by atoms with Crippen molar-refractivity contribution in [3.8, 4) is 0 Å². The summed E-state index contributed by atoms with van der Waals surface area (Å²) in [6.07, 6.45) is 2.57. The summed E-state index contributed by atoms with van der Waals surface area (Å²) >= 11 is 0. The third-order valence-electron chi connectivity index (χ3n) is 2.98. The fourth-order valence-electron chi connectivity index (χ4n) is 2.09. The largest absolute Gasteiger partial charge is 0.378 e. The molecule has 1 heterocycles. The number of methoxy groups -OCH3 is 1. The molecule has 4 nitrogen and oxygen atoms in total. The molecule has 5 heteroatoms. The molecule has 1 aliphatic rings. The molecule has 0 aliphatic heterocycles. The van der Waals surface area contributed by atoms with Gasteiger partial charge in [0.15, 0.2) is 0 Å². The van der Waals surface area contributed by atoms with Gasteiger partial charge in [0, 0.05) is 13.7 Å². The number of nitrogens with one attached hydrogen (secondary N) is 1. The number of aromatic nitrogens is 1. The molecule has 1 fully saturated rings. The molecule has 1 aromatic rings. The molecule has 0 saturated heterocycles. The van der Waals surface area contributed by atoms with E-state index in [1.54, 1.807) is 13.2 Å². The van der Waals surface area contributed by atoms with Gasteiger partial charge in [-0.15, -0.1) is 0 Å². The van der Waals surface area contributed by atoms with Crippen molar-refractivity contribution in [3.05, 3.63) is 24.3 Å². The molecule has 1 saturated carbocycles. The fourth-order valence-corrected chi connectivity index (χ4v) is 2.09. The van der Waals surface area contributed by atoms with Gasteiger partial charge >= 0.3 is 0 Å². The maximum atomic E-state index is 12.6. The van der Waals surface area contributed by atoms with Crippen LogP contribution in [0.1, 0.15) is 13.3 Å². The minimum absolute atomic E-state index is 0.0417. The van der Waals surface area contributed by atoms with E-state index in [2.05, 4.69) is 10.3 Å². The molecule has 0 aromatic carbocycles. The average molecular weight is 240 g/mol. The van der Waals surface area contributed by atoms with Crippen LogP contribution in [-0.2, 0) is 9.47 Å². The Bertz CT molecular complexity index is 358. The molecule has 0 spiro atoms. The Morgan fingerprint density at radius 3 is 2.94 bits per heavy atom. The molecule has 3 atom stereocenters. The third-order valence-corrected chi connectivity index (χ3v) is 2.98. The van der Waals surface area contributed by atoms with Crippen LogP contribution >= 0.6 is 0 Å². The van der Waals surface area contributed by atoms with Crippen molar-refractivity contribution in [2.45, 2.75) is 31.6 Å². The minimum atomic E-state index is -0.473. The Kier molecular flexibility index (Phi) is 3.91. The van der Waals surface area contributed by atoms with Gasteiger partial charge in [0.1, 0.15) is 6.10 Å². The van der Waals surface area contributed by atoms with E-state index in [-0.39, 0.29) is 18.2 Å². The van der Waals surface area contributed by atoms with Gasteiger partial charge in [0.25, 0.3) is 0 Å². The summed E-state index contributed by atoms with van der Waals surface area (Å²) < 4.78 is 23.5. The van der Waals surface area contributed by atoms with E-state index in [0.717, 1.165) is 12.1 Å². The van der Waals surface area contributed by atoms with E-state index in [1.807, 2.05) is 6.92 Å². The summed E-state index contributed by atoms with van der Waals surface area (Å²) in [5.41, 5.74) is 0.799. The molecule has 0 radical (unpaired) electrons. The summed E-state index contributed by atoms with van der Waals surface area (Å²) in [7, 11) is 1.67. The van der Waals surface area contributed by atoms with E-state index in [0.29, 0.717) is 6.61 Å². The van der Waals surface area contributed by atoms with Crippen LogP contribution in [0.4, 0.5) is 10.1 Å². The average Bonchev–Trinajstić information content (AvgIpc) is 2.30. The monoisotopic (exact) mass is 240 g/mol. The van der Waals surface area contributed by atoms with Gasteiger partial charge in [0.2, 0.25) is 5.95 Å². The molecule has 0 amide bonds. The molecule has 1 N–H and O–H groups in total.